The minimum absolute atomic E-state index is 0.179. The Kier molecular flexibility index (Phi) is 4.37. The number of benzene rings is 1. The second-order valence-corrected chi connectivity index (χ2v) is 5.61. The SMILES string of the molecule is Cc1oc(-c2ccccc2)nc1CCOC1(C)C=C(C(=O)O)ON1. The smallest absolute Gasteiger partial charge is 0.373 e. The van der Waals surface area contributed by atoms with Crippen LogP contribution in [0.25, 0.3) is 11.5 Å². The first-order valence-electron chi connectivity index (χ1n) is 7.53. The maximum absolute atomic E-state index is 10.9. The summed E-state index contributed by atoms with van der Waals surface area (Å²) in [4.78, 5) is 20.2. The van der Waals surface area contributed by atoms with Gasteiger partial charge in [0.2, 0.25) is 11.6 Å². The summed E-state index contributed by atoms with van der Waals surface area (Å²) in [5.74, 6) is -0.0131. The molecule has 2 N–H and O–H groups in total. The molecular formula is C17H18N2O5. The average molecular weight is 330 g/mol. The van der Waals surface area contributed by atoms with E-state index in [1.54, 1.807) is 6.92 Å². The molecule has 0 saturated carbocycles. The number of oxazole rings is 1. The standard InChI is InChI=1S/C17H18N2O5/c1-11-13(18-15(23-11)12-6-4-3-5-7-12)8-9-22-17(2)10-14(16(20)21)24-19-17/h3-7,10,19H,8-9H2,1-2H3,(H,20,21). The Morgan fingerprint density at radius 1 is 1.38 bits per heavy atom. The normalized spacial score (nSPS) is 19.8. The Morgan fingerprint density at radius 3 is 2.79 bits per heavy atom. The number of carboxylic acid groups (broad SMARTS) is 1. The zero-order valence-electron chi connectivity index (χ0n) is 13.4. The maximum Gasteiger partial charge on any atom is 0.373 e. The van der Waals surface area contributed by atoms with E-state index in [4.69, 9.17) is 19.1 Å². The molecule has 1 atom stereocenters. The molecule has 7 nitrogen and oxygen atoms in total. The summed E-state index contributed by atoms with van der Waals surface area (Å²) >= 11 is 0. The number of nitrogens with one attached hydrogen (secondary N) is 1. The molecule has 1 aliphatic rings. The van der Waals surface area contributed by atoms with E-state index in [0.29, 0.717) is 18.9 Å². The number of aryl methyl sites for hydroxylation is 1. The molecule has 0 bridgehead atoms. The van der Waals surface area contributed by atoms with Crippen LogP contribution in [0, 0.1) is 6.92 Å². The van der Waals surface area contributed by atoms with Crippen molar-refractivity contribution in [2.45, 2.75) is 26.0 Å². The Bertz CT molecular complexity index is 769. The third-order valence-corrected chi connectivity index (χ3v) is 3.64. The van der Waals surface area contributed by atoms with Gasteiger partial charge in [0.25, 0.3) is 0 Å². The molecule has 0 radical (unpaired) electrons. The number of carboxylic acids is 1. The molecular weight excluding hydrogens is 312 g/mol. The van der Waals surface area contributed by atoms with Gasteiger partial charge in [-0.3, -0.25) is 0 Å². The molecule has 7 heteroatoms. The molecule has 0 spiro atoms. The van der Waals surface area contributed by atoms with E-state index in [2.05, 4.69) is 10.5 Å². The van der Waals surface area contributed by atoms with Crippen LogP contribution in [-0.4, -0.2) is 28.4 Å². The van der Waals surface area contributed by atoms with Crippen LogP contribution in [0.3, 0.4) is 0 Å². The summed E-state index contributed by atoms with van der Waals surface area (Å²) in [7, 11) is 0. The van der Waals surface area contributed by atoms with Crippen LogP contribution in [0.5, 0.6) is 0 Å². The monoisotopic (exact) mass is 330 g/mol. The minimum atomic E-state index is -1.14. The topological polar surface area (TPSA) is 93.8 Å². The number of nitrogens with zero attached hydrogens (tertiary/aromatic N) is 1. The predicted octanol–water partition coefficient (Wildman–Crippen LogP) is 2.43. The van der Waals surface area contributed by atoms with Gasteiger partial charge in [-0.25, -0.2) is 9.78 Å². The lowest BCUT2D eigenvalue weighted by Crippen LogP contribution is -2.39. The quantitative estimate of drug-likeness (QED) is 0.840. The molecule has 0 fully saturated rings. The largest absolute Gasteiger partial charge is 0.475 e. The van der Waals surface area contributed by atoms with Crippen LogP contribution in [0.1, 0.15) is 18.4 Å². The van der Waals surface area contributed by atoms with Gasteiger partial charge in [-0.2, -0.15) is 0 Å². The number of hydroxylamine groups is 1. The van der Waals surface area contributed by atoms with Crippen molar-refractivity contribution in [1.82, 2.24) is 10.5 Å². The summed E-state index contributed by atoms with van der Waals surface area (Å²) in [6, 6.07) is 9.66. The van der Waals surface area contributed by atoms with Gasteiger partial charge in [-0.15, -0.1) is 5.48 Å². The number of hydrogen-bond donors (Lipinski definition) is 2. The Labute approximate surface area is 138 Å². The van der Waals surface area contributed by atoms with E-state index >= 15 is 0 Å². The molecule has 24 heavy (non-hydrogen) atoms. The van der Waals surface area contributed by atoms with Gasteiger partial charge in [-0.05, 0) is 26.0 Å². The first-order valence-corrected chi connectivity index (χ1v) is 7.53. The van der Waals surface area contributed by atoms with Crippen molar-refractivity contribution in [3.05, 3.63) is 53.6 Å². The van der Waals surface area contributed by atoms with Crippen molar-refractivity contribution in [3.8, 4) is 11.5 Å². The highest BCUT2D eigenvalue weighted by Crippen LogP contribution is 2.23. The molecule has 2 heterocycles. The lowest BCUT2D eigenvalue weighted by molar-refractivity contribution is -0.139. The third kappa shape index (κ3) is 3.47. The molecule has 0 amide bonds. The van der Waals surface area contributed by atoms with Crippen LogP contribution in [0.2, 0.25) is 0 Å². The summed E-state index contributed by atoms with van der Waals surface area (Å²) in [5, 5.41) is 8.89. The van der Waals surface area contributed by atoms with Crippen molar-refractivity contribution >= 4 is 5.97 Å². The van der Waals surface area contributed by atoms with Crippen LogP contribution >= 0.6 is 0 Å². The Hall–Kier alpha value is -2.64. The molecule has 0 saturated heterocycles. The number of rotatable bonds is 6. The van der Waals surface area contributed by atoms with Crippen LogP contribution in [0.15, 0.2) is 46.6 Å². The second kappa shape index (κ2) is 6.46. The summed E-state index contributed by atoms with van der Waals surface area (Å²) in [6.45, 7) is 3.88. The molecule has 1 aromatic heterocycles. The van der Waals surface area contributed by atoms with E-state index in [1.165, 1.54) is 6.08 Å². The van der Waals surface area contributed by atoms with Gasteiger partial charge < -0.3 is 19.1 Å². The second-order valence-electron chi connectivity index (χ2n) is 5.61. The zero-order valence-corrected chi connectivity index (χ0v) is 13.4. The molecule has 1 aliphatic heterocycles. The highest BCUT2D eigenvalue weighted by atomic mass is 16.7. The highest BCUT2D eigenvalue weighted by Gasteiger charge is 2.33. The van der Waals surface area contributed by atoms with Gasteiger partial charge in [0, 0.05) is 18.1 Å². The van der Waals surface area contributed by atoms with Crippen molar-refractivity contribution in [2.24, 2.45) is 0 Å². The predicted molar refractivity (Wildman–Crippen MR) is 84.7 cm³/mol. The van der Waals surface area contributed by atoms with Crippen molar-refractivity contribution in [1.29, 1.82) is 0 Å². The molecule has 0 aliphatic carbocycles. The maximum atomic E-state index is 10.9. The van der Waals surface area contributed by atoms with E-state index in [9.17, 15) is 4.79 Å². The van der Waals surface area contributed by atoms with Crippen molar-refractivity contribution in [3.63, 3.8) is 0 Å². The molecule has 1 unspecified atom stereocenters. The first kappa shape index (κ1) is 16.2. The van der Waals surface area contributed by atoms with E-state index in [1.807, 2.05) is 37.3 Å². The summed E-state index contributed by atoms with van der Waals surface area (Å²) < 4.78 is 11.4. The van der Waals surface area contributed by atoms with Gasteiger partial charge >= 0.3 is 5.97 Å². The number of ether oxygens (including phenoxy) is 1. The Balaban J connectivity index is 1.62. The lowest BCUT2D eigenvalue weighted by atomic mass is 10.2. The van der Waals surface area contributed by atoms with E-state index in [-0.39, 0.29) is 5.76 Å². The molecule has 1 aromatic carbocycles. The van der Waals surface area contributed by atoms with Gasteiger partial charge in [-0.1, -0.05) is 18.2 Å². The fourth-order valence-corrected chi connectivity index (χ4v) is 2.37. The van der Waals surface area contributed by atoms with E-state index in [0.717, 1.165) is 17.0 Å². The number of aromatic nitrogens is 1. The number of carbonyl (C=O) groups is 1. The van der Waals surface area contributed by atoms with Gasteiger partial charge in [0.15, 0.2) is 5.72 Å². The molecule has 3 rings (SSSR count). The van der Waals surface area contributed by atoms with E-state index < -0.39 is 11.7 Å². The zero-order chi connectivity index (χ0) is 17.2. The van der Waals surface area contributed by atoms with Crippen LogP contribution in [-0.2, 0) is 20.8 Å². The van der Waals surface area contributed by atoms with Crippen LogP contribution in [0.4, 0.5) is 0 Å². The highest BCUT2D eigenvalue weighted by molar-refractivity contribution is 5.84. The first-order chi connectivity index (χ1) is 11.5. The van der Waals surface area contributed by atoms with Crippen molar-refractivity contribution < 1.29 is 23.9 Å². The Morgan fingerprint density at radius 2 is 2.12 bits per heavy atom. The fraction of sp³-hybridized carbons (Fsp3) is 0.294. The van der Waals surface area contributed by atoms with Crippen molar-refractivity contribution in [2.75, 3.05) is 6.61 Å². The molecule has 126 valence electrons. The average Bonchev–Trinajstić information content (AvgIpc) is 3.13. The minimum Gasteiger partial charge on any atom is -0.475 e. The van der Waals surface area contributed by atoms with Gasteiger partial charge in [0.1, 0.15) is 5.76 Å². The summed E-state index contributed by atoms with van der Waals surface area (Å²) in [5.41, 5.74) is 3.30. The number of aliphatic carboxylic acids is 1. The lowest BCUT2D eigenvalue weighted by Gasteiger charge is -2.20. The van der Waals surface area contributed by atoms with Gasteiger partial charge in [0.05, 0.1) is 12.3 Å². The number of hydrogen-bond acceptors (Lipinski definition) is 6. The third-order valence-electron chi connectivity index (χ3n) is 3.64. The molecule has 2 aromatic rings. The summed E-state index contributed by atoms with van der Waals surface area (Å²) in [6.07, 6.45) is 1.93. The van der Waals surface area contributed by atoms with Crippen LogP contribution < -0.4 is 5.48 Å². The fourth-order valence-electron chi connectivity index (χ4n) is 2.37.